The van der Waals surface area contributed by atoms with Crippen LogP contribution in [-0.2, 0) is 6.42 Å². The Kier molecular flexibility index (Phi) is 12.1. The topological polar surface area (TPSA) is 75.8 Å². The van der Waals surface area contributed by atoms with Crippen molar-refractivity contribution in [1.82, 2.24) is 19.9 Å². The number of hydrogen-bond acceptors (Lipinski definition) is 5. The lowest BCUT2D eigenvalue weighted by atomic mass is 9.89. The van der Waals surface area contributed by atoms with E-state index in [4.69, 9.17) is 9.73 Å². The number of hydrogen-bond donors (Lipinski definition) is 2. The van der Waals surface area contributed by atoms with E-state index in [1.165, 1.54) is 29.9 Å². The third kappa shape index (κ3) is 8.76. The molecule has 2 aromatic heterocycles. The normalized spacial score (nSPS) is 13.5. The van der Waals surface area contributed by atoms with Crippen molar-refractivity contribution in [3.63, 3.8) is 0 Å². The van der Waals surface area contributed by atoms with Crippen molar-refractivity contribution in [1.29, 1.82) is 0 Å². The lowest BCUT2D eigenvalue weighted by molar-refractivity contribution is 0.377. The van der Waals surface area contributed by atoms with Gasteiger partial charge in [0.1, 0.15) is 17.9 Å². The quantitative estimate of drug-likeness (QED) is 0.106. The maximum absolute atomic E-state index is 15.4. The van der Waals surface area contributed by atoms with Crippen molar-refractivity contribution in [2.24, 2.45) is 10.9 Å². The zero-order valence-electron chi connectivity index (χ0n) is 27.0. The molecule has 234 valence electrons. The molecule has 0 saturated heterocycles. The van der Waals surface area contributed by atoms with Crippen molar-refractivity contribution in [3.8, 4) is 11.5 Å². The highest BCUT2D eigenvalue weighted by Gasteiger charge is 2.19. The van der Waals surface area contributed by atoms with Gasteiger partial charge in [0, 0.05) is 41.8 Å². The number of benzene rings is 2. The first kappa shape index (κ1) is 32.9. The Morgan fingerprint density at radius 1 is 1.09 bits per heavy atom. The molecule has 2 unspecified atom stereocenters. The van der Waals surface area contributed by atoms with Gasteiger partial charge in [0.05, 0.1) is 0 Å². The number of nitrogens with zero attached hydrogens (tertiary/aromatic N) is 4. The Hall–Kier alpha value is -4.04. The van der Waals surface area contributed by atoms with E-state index < -0.39 is 5.82 Å². The standard InChI is InChI=1S/C36H47FN6O/c1-7-10-19-39-36(35-27(6)12-11-26(5)31(35)15-13-28(38-18-8-2)21-25(4)9-3)42-29-14-16-33(32(37)22-29)44-30-17-20-43-34(23-30)40-24-41-43/h10-12,14,16-17,19-20,22-25,28,38H,7-9,13,15,18,21H2,1-6H3,(H,39,42)/b19-10+. The van der Waals surface area contributed by atoms with Gasteiger partial charge in [-0.25, -0.2) is 18.9 Å². The summed E-state index contributed by atoms with van der Waals surface area (Å²) >= 11 is 0. The number of pyridine rings is 1. The smallest absolute Gasteiger partial charge is 0.167 e. The molecule has 0 fully saturated rings. The first-order chi connectivity index (χ1) is 21.3. The Balaban J connectivity index is 1.61. The molecule has 0 aliphatic rings. The number of aryl methyl sites for hydroxylation is 2. The van der Waals surface area contributed by atoms with E-state index in [-0.39, 0.29) is 5.75 Å². The van der Waals surface area contributed by atoms with Gasteiger partial charge in [-0.05, 0) is 93.3 Å². The van der Waals surface area contributed by atoms with E-state index in [1.807, 2.05) is 18.3 Å². The molecule has 4 aromatic rings. The molecule has 2 heterocycles. The van der Waals surface area contributed by atoms with Crippen molar-refractivity contribution >= 4 is 17.2 Å². The first-order valence-electron chi connectivity index (χ1n) is 15.9. The number of amidine groups is 1. The number of halogens is 1. The molecule has 4 rings (SSSR count). The van der Waals surface area contributed by atoms with Gasteiger partial charge in [-0.1, -0.05) is 52.3 Å². The van der Waals surface area contributed by atoms with Crippen LogP contribution in [0.3, 0.4) is 0 Å². The van der Waals surface area contributed by atoms with Gasteiger partial charge in [0.25, 0.3) is 0 Å². The monoisotopic (exact) mass is 598 g/mol. The van der Waals surface area contributed by atoms with Crippen LogP contribution in [0.1, 0.15) is 82.1 Å². The summed E-state index contributed by atoms with van der Waals surface area (Å²) in [6.07, 6.45) is 13.3. The summed E-state index contributed by atoms with van der Waals surface area (Å²) in [5.41, 5.74) is 5.93. The Morgan fingerprint density at radius 2 is 1.91 bits per heavy atom. The fraction of sp³-hybridized carbons (Fsp3) is 0.417. The van der Waals surface area contributed by atoms with E-state index in [2.05, 4.69) is 74.4 Å². The van der Waals surface area contributed by atoms with E-state index in [0.717, 1.165) is 49.8 Å². The third-order valence-corrected chi connectivity index (χ3v) is 8.02. The number of rotatable bonds is 15. The SMILES string of the molecule is CC/C=C/N=C(Nc1ccc(Oc2ccn3ncnc3c2)c(F)c1)c1c(C)ccc(C)c1CCC(CC(C)CC)NCCC. The van der Waals surface area contributed by atoms with Crippen LogP contribution in [0.5, 0.6) is 11.5 Å². The Bertz CT molecular complexity index is 1580. The first-order valence-corrected chi connectivity index (χ1v) is 15.9. The maximum Gasteiger partial charge on any atom is 0.167 e. The van der Waals surface area contributed by atoms with Crippen LogP contribution in [0.4, 0.5) is 10.1 Å². The summed E-state index contributed by atoms with van der Waals surface area (Å²) in [5, 5.41) is 11.3. The second-order valence-corrected chi connectivity index (χ2v) is 11.6. The maximum atomic E-state index is 15.4. The minimum absolute atomic E-state index is 0.128. The zero-order chi connectivity index (χ0) is 31.5. The van der Waals surface area contributed by atoms with Crippen LogP contribution in [0.15, 0.2) is 72.3 Å². The van der Waals surface area contributed by atoms with Gasteiger partial charge >= 0.3 is 0 Å². The lowest BCUT2D eigenvalue weighted by Crippen LogP contribution is -2.32. The number of anilines is 1. The van der Waals surface area contributed by atoms with Crippen LogP contribution >= 0.6 is 0 Å². The van der Waals surface area contributed by atoms with Crippen LogP contribution in [-0.4, -0.2) is 33.0 Å². The summed E-state index contributed by atoms with van der Waals surface area (Å²) < 4.78 is 22.8. The van der Waals surface area contributed by atoms with E-state index in [0.29, 0.717) is 34.9 Å². The minimum Gasteiger partial charge on any atom is -0.454 e. The number of allylic oxidation sites excluding steroid dienone is 1. The number of nitrogens with one attached hydrogen (secondary N) is 2. The molecule has 0 amide bonds. The van der Waals surface area contributed by atoms with Crippen LogP contribution in [0, 0.1) is 25.6 Å². The average molecular weight is 599 g/mol. The molecular formula is C36H47FN6O. The molecule has 7 nitrogen and oxygen atoms in total. The summed E-state index contributed by atoms with van der Waals surface area (Å²) in [4.78, 5) is 9.03. The summed E-state index contributed by atoms with van der Waals surface area (Å²) in [6, 6.07) is 13.1. The number of aliphatic imine (C=N–C) groups is 1. The molecule has 2 N–H and O–H groups in total. The summed E-state index contributed by atoms with van der Waals surface area (Å²) in [6.45, 7) is 14.2. The lowest BCUT2D eigenvalue weighted by Gasteiger charge is -2.24. The average Bonchev–Trinajstić information content (AvgIpc) is 3.49. The Morgan fingerprint density at radius 3 is 2.66 bits per heavy atom. The van der Waals surface area contributed by atoms with Crippen LogP contribution in [0.2, 0.25) is 0 Å². The van der Waals surface area contributed by atoms with Gasteiger partial charge in [-0.2, -0.15) is 5.10 Å². The number of ether oxygens (including phenoxy) is 1. The van der Waals surface area contributed by atoms with E-state index >= 15 is 4.39 Å². The van der Waals surface area contributed by atoms with Crippen molar-refractivity contribution in [2.45, 2.75) is 86.1 Å². The molecule has 2 aromatic carbocycles. The fourth-order valence-corrected chi connectivity index (χ4v) is 5.32. The molecule has 0 radical (unpaired) electrons. The highest BCUT2D eigenvalue weighted by atomic mass is 19.1. The minimum atomic E-state index is -0.476. The van der Waals surface area contributed by atoms with Gasteiger partial charge in [0.15, 0.2) is 17.2 Å². The highest BCUT2D eigenvalue weighted by molar-refractivity contribution is 6.10. The molecule has 0 bridgehead atoms. The molecule has 0 aliphatic heterocycles. The van der Waals surface area contributed by atoms with Crippen molar-refractivity contribution in [2.75, 3.05) is 11.9 Å². The molecule has 44 heavy (non-hydrogen) atoms. The Labute approximate surface area is 261 Å². The second-order valence-electron chi connectivity index (χ2n) is 11.6. The second kappa shape index (κ2) is 16.1. The molecular weight excluding hydrogens is 551 g/mol. The fourth-order valence-electron chi connectivity index (χ4n) is 5.32. The number of fused-ring (bicyclic) bond motifs is 1. The molecule has 0 aliphatic carbocycles. The van der Waals surface area contributed by atoms with Crippen molar-refractivity contribution < 1.29 is 9.13 Å². The van der Waals surface area contributed by atoms with E-state index in [1.54, 1.807) is 28.9 Å². The predicted octanol–water partition coefficient (Wildman–Crippen LogP) is 8.80. The zero-order valence-corrected chi connectivity index (χ0v) is 27.0. The van der Waals surface area contributed by atoms with Crippen LogP contribution < -0.4 is 15.4 Å². The van der Waals surface area contributed by atoms with Gasteiger partial charge in [0.2, 0.25) is 0 Å². The van der Waals surface area contributed by atoms with Gasteiger partial charge in [-0.15, -0.1) is 0 Å². The molecule has 0 spiro atoms. The van der Waals surface area contributed by atoms with E-state index in [9.17, 15) is 0 Å². The predicted molar refractivity (Wildman–Crippen MR) is 179 cm³/mol. The van der Waals surface area contributed by atoms with Crippen molar-refractivity contribution in [3.05, 3.63) is 95.3 Å². The third-order valence-electron chi connectivity index (χ3n) is 8.02. The summed E-state index contributed by atoms with van der Waals surface area (Å²) in [7, 11) is 0. The molecule has 0 saturated carbocycles. The molecule has 2 atom stereocenters. The van der Waals surface area contributed by atoms with Crippen LogP contribution in [0.25, 0.3) is 5.65 Å². The largest absolute Gasteiger partial charge is 0.454 e. The number of aromatic nitrogens is 3. The molecule has 8 heteroatoms. The highest BCUT2D eigenvalue weighted by Crippen LogP contribution is 2.29. The summed E-state index contributed by atoms with van der Waals surface area (Å²) in [5.74, 6) is 1.51. The van der Waals surface area contributed by atoms with Gasteiger partial charge < -0.3 is 15.4 Å². The van der Waals surface area contributed by atoms with Gasteiger partial charge in [-0.3, -0.25) is 0 Å².